The predicted molar refractivity (Wildman–Crippen MR) is 88.9 cm³/mol. The van der Waals surface area contributed by atoms with Crippen molar-refractivity contribution in [2.75, 3.05) is 18.9 Å². The van der Waals surface area contributed by atoms with E-state index in [1.54, 1.807) is 31.3 Å². The number of hydrogen-bond acceptors (Lipinski definition) is 2. The first kappa shape index (κ1) is 17.3. The summed E-state index contributed by atoms with van der Waals surface area (Å²) in [6, 6.07) is 7.39. The summed E-state index contributed by atoms with van der Waals surface area (Å²) in [7, 11) is 1.73. The third-order valence-corrected chi connectivity index (χ3v) is 2.90. The van der Waals surface area contributed by atoms with Gasteiger partial charge in [-0.05, 0) is 44.5 Å². The molecule has 0 unspecified atom stereocenters. The van der Waals surface area contributed by atoms with Gasteiger partial charge in [0.25, 0.3) is 0 Å². The second kappa shape index (κ2) is 9.23. The Balaban J connectivity index is 2.23. The van der Waals surface area contributed by atoms with Gasteiger partial charge in [0, 0.05) is 36.8 Å². The molecule has 5 nitrogen and oxygen atoms in total. The van der Waals surface area contributed by atoms with Gasteiger partial charge in [-0.15, -0.1) is 0 Å². The lowest BCUT2D eigenvalue weighted by Crippen LogP contribution is -2.41. The predicted octanol–water partition coefficient (Wildman–Crippen LogP) is 2.63. The highest BCUT2D eigenvalue weighted by Crippen LogP contribution is 2.13. The van der Waals surface area contributed by atoms with Crippen molar-refractivity contribution >= 4 is 29.2 Å². The van der Waals surface area contributed by atoms with Crippen LogP contribution in [0, 0.1) is 0 Å². The fourth-order valence-corrected chi connectivity index (χ4v) is 1.81. The van der Waals surface area contributed by atoms with Gasteiger partial charge in [0.05, 0.1) is 0 Å². The third kappa shape index (κ3) is 7.56. The number of rotatable bonds is 6. The molecular weight excluding hydrogens is 288 g/mol. The zero-order valence-electron chi connectivity index (χ0n) is 12.7. The highest BCUT2D eigenvalue weighted by molar-refractivity contribution is 6.30. The molecule has 3 N–H and O–H groups in total. The van der Waals surface area contributed by atoms with Gasteiger partial charge >= 0.3 is 0 Å². The Hall–Kier alpha value is -1.75. The molecule has 1 rings (SSSR count). The first-order chi connectivity index (χ1) is 10.0. The summed E-state index contributed by atoms with van der Waals surface area (Å²) in [4.78, 5) is 15.9. The van der Waals surface area contributed by atoms with Crippen molar-refractivity contribution in [1.29, 1.82) is 0 Å². The van der Waals surface area contributed by atoms with Crippen LogP contribution in [0.2, 0.25) is 5.02 Å². The Morgan fingerprint density at radius 3 is 2.52 bits per heavy atom. The van der Waals surface area contributed by atoms with E-state index in [1.807, 2.05) is 13.8 Å². The van der Waals surface area contributed by atoms with E-state index in [0.717, 1.165) is 18.1 Å². The summed E-state index contributed by atoms with van der Waals surface area (Å²) in [5, 5.41) is 9.84. The van der Waals surface area contributed by atoms with Gasteiger partial charge in [0.2, 0.25) is 5.91 Å². The Labute approximate surface area is 131 Å². The molecule has 0 radical (unpaired) electrons. The fourth-order valence-electron chi connectivity index (χ4n) is 1.68. The van der Waals surface area contributed by atoms with Crippen molar-refractivity contribution in [3.05, 3.63) is 29.3 Å². The summed E-state index contributed by atoms with van der Waals surface area (Å²) in [6.45, 7) is 4.79. The Bertz CT molecular complexity index is 471. The molecule has 6 heteroatoms. The standard InChI is InChI=1S/C15H23ClN4O/c1-11(2)19-15(17-3)18-10-4-5-14(21)20-13-8-6-12(16)7-9-13/h6-9,11H,4-5,10H2,1-3H3,(H,20,21)(H2,17,18,19). The number of carbonyl (C=O) groups excluding carboxylic acids is 1. The largest absolute Gasteiger partial charge is 0.356 e. The number of aliphatic imine (C=N–C) groups is 1. The van der Waals surface area contributed by atoms with Crippen LogP contribution in [0.1, 0.15) is 26.7 Å². The molecule has 0 spiro atoms. The molecule has 0 atom stereocenters. The van der Waals surface area contributed by atoms with Gasteiger partial charge in [-0.1, -0.05) is 11.6 Å². The molecule has 0 heterocycles. The molecule has 1 aromatic rings. The van der Waals surface area contributed by atoms with Gasteiger partial charge in [-0.25, -0.2) is 0 Å². The van der Waals surface area contributed by atoms with Crippen LogP contribution >= 0.6 is 11.6 Å². The van der Waals surface area contributed by atoms with Gasteiger partial charge in [0.15, 0.2) is 5.96 Å². The van der Waals surface area contributed by atoms with Crippen LogP contribution in [-0.4, -0.2) is 31.5 Å². The molecule has 1 aromatic carbocycles. The summed E-state index contributed by atoms with van der Waals surface area (Å²) in [6.07, 6.45) is 1.19. The molecule has 0 aliphatic rings. The number of carbonyl (C=O) groups is 1. The van der Waals surface area contributed by atoms with Crippen LogP contribution in [0.4, 0.5) is 5.69 Å². The van der Waals surface area contributed by atoms with Crippen LogP contribution in [-0.2, 0) is 4.79 Å². The van der Waals surface area contributed by atoms with Gasteiger partial charge < -0.3 is 16.0 Å². The summed E-state index contributed by atoms with van der Waals surface area (Å²) in [5.41, 5.74) is 0.759. The van der Waals surface area contributed by atoms with Crippen LogP contribution in [0.3, 0.4) is 0 Å². The van der Waals surface area contributed by atoms with Gasteiger partial charge in [0.1, 0.15) is 0 Å². The SMILES string of the molecule is CN=C(NCCCC(=O)Nc1ccc(Cl)cc1)NC(C)C. The monoisotopic (exact) mass is 310 g/mol. The third-order valence-electron chi connectivity index (χ3n) is 2.65. The average molecular weight is 311 g/mol. The highest BCUT2D eigenvalue weighted by Gasteiger charge is 2.03. The minimum absolute atomic E-state index is 0.00840. The maximum atomic E-state index is 11.8. The van der Waals surface area contributed by atoms with E-state index in [0.29, 0.717) is 24.0 Å². The molecule has 116 valence electrons. The van der Waals surface area contributed by atoms with Crippen molar-refractivity contribution in [2.24, 2.45) is 4.99 Å². The van der Waals surface area contributed by atoms with E-state index in [4.69, 9.17) is 11.6 Å². The van der Waals surface area contributed by atoms with E-state index in [2.05, 4.69) is 20.9 Å². The zero-order chi connectivity index (χ0) is 15.7. The summed E-state index contributed by atoms with van der Waals surface area (Å²) in [5.74, 6) is 0.744. The van der Waals surface area contributed by atoms with E-state index < -0.39 is 0 Å². The number of amides is 1. The van der Waals surface area contributed by atoms with Crippen molar-refractivity contribution in [2.45, 2.75) is 32.7 Å². The maximum absolute atomic E-state index is 11.8. The number of anilines is 1. The summed E-state index contributed by atoms with van der Waals surface area (Å²) >= 11 is 5.79. The van der Waals surface area contributed by atoms with E-state index in [9.17, 15) is 4.79 Å². The Morgan fingerprint density at radius 1 is 1.29 bits per heavy atom. The molecular formula is C15H23ClN4O. The molecule has 21 heavy (non-hydrogen) atoms. The highest BCUT2D eigenvalue weighted by atomic mass is 35.5. The minimum Gasteiger partial charge on any atom is -0.356 e. The normalized spacial score (nSPS) is 11.4. The van der Waals surface area contributed by atoms with Crippen molar-refractivity contribution in [1.82, 2.24) is 10.6 Å². The molecule has 0 bridgehead atoms. The molecule has 0 fully saturated rings. The number of benzene rings is 1. The van der Waals surface area contributed by atoms with E-state index in [-0.39, 0.29) is 5.91 Å². The molecule has 0 saturated carbocycles. The van der Waals surface area contributed by atoms with E-state index in [1.165, 1.54) is 0 Å². The van der Waals surface area contributed by atoms with Crippen LogP contribution in [0.15, 0.2) is 29.3 Å². The van der Waals surface area contributed by atoms with Crippen LogP contribution in [0.25, 0.3) is 0 Å². The number of nitrogens with one attached hydrogen (secondary N) is 3. The van der Waals surface area contributed by atoms with E-state index >= 15 is 0 Å². The molecule has 0 aromatic heterocycles. The quantitative estimate of drug-likeness (QED) is 0.430. The lowest BCUT2D eigenvalue weighted by atomic mass is 10.2. The topological polar surface area (TPSA) is 65.5 Å². The second-order valence-electron chi connectivity index (χ2n) is 4.96. The Kier molecular flexibility index (Phi) is 7.61. The first-order valence-corrected chi connectivity index (χ1v) is 7.41. The lowest BCUT2D eigenvalue weighted by Gasteiger charge is -2.14. The minimum atomic E-state index is -0.00840. The van der Waals surface area contributed by atoms with Gasteiger partial charge in [-0.3, -0.25) is 9.79 Å². The lowest BCUT2D eigenvalue weighted by molar-refractivity contribution is -0.116. The molecule has 1 amide bonds. The van der Waals surface area contributed by atoms with Crippen molar-refractivity contribution in [3.63, 3.8) is 0 Å². The number of guanidine groups is 1. The first-order valence-electron chi connectivity index (χ1n) is 7.04. The number of nitrogens with zero attached hydrogens (tertiary/aromatic N) is 1. The number of hydrogen-bond donors (Lipinski definition) is 3. The average Bonchev–Trinajstić information content (AvgIpc) is 2.44. The molecule has 0 aliphatic carbocycles. The zero-order valence-corrected chi connectivity index (χ0v) is 13.5. The van der Waals surface area contributed by atoms with Crippen molar-refractivity contribution in [3.8, 4) is 0 Å². The number of halogens is 1. The summed E-state index contributed by atoms with van der Waals surface area (Å²) < 4.78 is 0. The second-order valence-corrected chi connectivity index (χ2v) is 5.39. The molecule has 0 saturated heterocycles. The van der Waals surface area contributed by atoms with Gasteiger partial charge in [-0.2, -0.15) is 0 Å². The van der Waals surface area contributed by atoms with Crippen molar-refractivity contribution < 1.29 is 4.79 Å². The Morgan fingerprint density at radius 2 is 1.95 bits per heavy atom. The molecule has 0 aliphatic heterocycles. The fraction of sp³-hybridized carbons (Fsp3) is 0.467. The smallest absolute Gasteiger partial charge is 0.224 e. The van der Waals surface area contributed by atoms with Crippen LogP contribution < -0.4 is 16.0 Å². The van der Waals surface area contributed by atoms with Crippen LogP contribution in [0.5, 0.6) is 0 Å². The maximum Gasteiger partial charge on any atom is 0.224 e.